The van der Waals surface area contributed by atoms with E-state index in [1.54, 1.807) is 25.3 Å². The molecule has 174 valence electrons. The van der Waals surface area contributed by atoms with Crippen molar-refractivity contribution < 1.29 is 27.2 Å². The Morgan fingerprint density at radius 3 is 2.58 bits per heavy atom. The first-order chi connectivity index (χ1) is 15.5. The van der Waals surface area contributed by atoms with E-state index in [2.05, 4.69) is 15.3 Å². The average molecular weight is 499 g/mol. The molecule has 2 heterocycles. The van der Waals surface area contributed by atoms with E-state index in [9.17, 15) is 22.8 Å². The minimum atomic E-state index is -4.67. The zero-order valence-electron chi connectivity index (χ0n) is 17.7. The molecule has 0 aliphatic carbocycles. The number of carbonyl (C=O) groups excluding carboxylic acids is 2. The van der Waals surface area contributed by atoms with Gasteiger partial charge in [-0.3, -0.25) is 9.59 Å². The maximum Gasteiger partial charge on any atom is 0.417 e. The molecule has 2 aromatic heterocycles. The molecule has 0 saturated heterocycles. The Kier molecular flexibility index (Phi) is 7.33. The lowest BCUT2D eigenvalue weighted by atomic mass is 10.2. The normalized spacial score (nSPS) is 11.4. The second-order valence-electron chi connectivity index (χ2n) is 6.90. The van der Waals surface area contributed by atoms with Crippen molar-refractivity contribution in [1.29, 1.82) is 0 Å². The molecule has 0 bridgehead atoms. The molecule has 0 radical (unpaired) electrons. The maximum atomic E-state index is 13.0. The minimum Gasteiger partial charge on any atom is -0.461 e. The first-order valence-corrected chi connectivity index (χ1v) is 11.0. The van der Waals surface area contributed by atoms with Gasteiger partial charge < -0.3 is 14.6 Å². The highest BCUT2D eigenvalue weighted by Crippen LogP contribution is 2.36. The van der Waals surface area contributed by atoms with Crippen LogP contribution in [0.25, 0.3) is 11.6 Å². The van der Waals surface area contributed by atoms with Crippen molar-refractivity contribution in [2.24, 2.45) is 0 Å². The van der Waals surface area contributed by atoms with Crippen molar-refractivity contribution in [1.82, 2.24) is 14.9 Å². The molecule has 3 aromatic rings. The van der Waals surface area contributed by atoms with E-state index in [4.69, 9.17) is 16.0 Å². The van der Waals surface area contributed by atoms with Crippen molar-refractivity contribution in [3.63, 3.8) is 0 Å². The molecule has 0 fully saturated rings. The molecule has 0 aliphatic heterocycles. The molecule has 0 atom stereocenters. The molecule has 0 saturated carbocycles. The standard InChI is InChI=1S/C21H18ClF3N4O3S/c1-11-17(19(33-3)28-18(26-11)15-5-4-8-32-15)20(31)29(2)10-16(30)27-12-6-7-14(22)13(9-12)21(23,24)25/h4-9H,10H2,1-3H3,(H,27,30). The van der Waals surface area contributed by atoms with Crippen LogP contribution in [0.1, 0.15) is 21.6 Å². The van der Waals surface area contributed by atoms with Crippen LogP contribution in [0.5, 0.6) is 0 Å². The molecule has 12 heteroatoms. The quantitative estimate of drug-likeness (QED) is 0.373. The summed E-state index contributed by atoms with van der Waals surface area (Å²) < 4.78 is 44.4. The number of nitrogens with zero attached hydrogens (tertiary/aromatic N) is 3. The Morgan fingerprint density at radius 1 is 1.24 bits per heavy atom. The molecular weight excluding hydrogens is 481 g/mol. The van der Waals surface area contributed by atoms with Gasteiger partial charge in [0.15, 0.2) is 11.6 Å². The zero-order valence-corrected chi connectivity index (χ0v) is 19.2. The molecule has 0 unspecified atom stereocenters. The third-order valence-corrected chi connectivity index (χ3v) is 5.50. The molecule has 3 rings (SSSR count). The van der Waals surface area contributed by atoms with Gasteiger partial charge in [0.1, 0.15) is 5.03 Å². The summed E-state index contributed by atoms with van der Waals surface area (Å²) in [6, 6.07) is 6.41. The van der Waals surface area contributed by atoms with E-state index in [-0.39, 0.29) is 11.3 Å². The van der Waals surface area contributed by atoms with Crippen molar-refractivity contribution >= 4 is 40.9 Å². The van der Waals surface area contributed by atoms with Gasteiger partial charge in [-0.1, -0.05) is 11.6 Å². The fourth-order valence-electron chi connectivity index (χ4n) is 2.96. The molecular formula is C21H18ClF3N4O3S. The van der Waals surface area contributed by atoms with Crippen LogP contribution in [-0.4, -0.2) is 46.5 Å². The van der Waals surface area contributed by atoms with Crippen molar-refractivity contribution in [2.75, 3.05) is 25.2 Å². The topological polar surface area (TPSA) is 88.3 Å². The SMILES string of the molecule is CSc1nc(-c2ccco2)nc(C)c1C(=O)N(C)CC(=O)Nc1ccc(Cl)c(C(F)(F)F)c1. The highest BCUT2D eigenvalue weighted by atomic mass is 35.5. The summed E-state index contributed by atoms with van der Waals surface area (Å²) in [5.74, 6) is -0.425. The molecule has 0 spiro atoms. The second-order valence-corrected chi connectivity index (χ2v) is 8.10. The number of alkyl halides is 3. The van der Waals surface area contributed by atoms with Gasteiger partial charge in [0, 0.05) is 12.7 Å². The van der Waals surface area contributed by atoms with Gasteiger partial charge >= 0.3 is 6.18 Å². The Hall–Kier alpha value is -3.05. The predicted octanol–water partition coefficient (Wildman–Crippen LogP) is 5.15. The van der Waals surface area contributed by atoms with Crippen LogP contribution < -0.4 is 5.32 Å². The summed E-state index contributed by atoms with van der Waals surface area (Å²) >= 11 is 6.83. The van der Waals surface area contributed by atoms with Crippen LogP contribution in [0.4, 0.5) is 18.9 Å². The lowest BCUT2D eigenvalue weighted by molar-refractivity contribution is -0.137. The van der Waals surface area contributed by atoms with E-state index in [0.29, 0.717) is 22.3 Å². The third-order valence-electron chi connectivity index (χ3n) is 4.49. The number of thioether (sulfide) groups is 1. The number of halogens is 4. The number of rotatable bonds is 6. The van der Waals surface area contributed by atoms with E-state index in [0.717, 1.165) is 17.0 Å². The number of nitrogens with one attached hydrogen (secondary N) is 1. The molecule has 7 nitrogen and oxygen atoms in total. The number of carbonyl (C=O) groups is 2. The molecule has 1 aromatic carbocycles. The van der Waals surface area contributed by atoms with Crippen LogP contribution in [0.3, 0.4) is 0 Å². The Morgan fingerprint density at radius 2 is 1.97 bits per heavy atom. The molecule has 2 amide bonds. The molecule has 1 N–H and O–H groups in total. The number of aryl methyl sites for hydroxylation is 1. The monoisotopic (exact) mass is 498 g/mol. The summed E-state index contributed by atoms with van der Waals surface area (Å²) in [7, 11) is 1.40. The summed E-state index contributed by atoms with van der Waals surface area (Å²) in [4.78, 5) is 35.2. The van der Waals surface area contributed by atoms with Crippen molar-refractivity contribution in [3.8, 4) is 11.6 Å². The Balaban J connectivity index is 1.76. The van der Waals surface area contributed by atoms with Crippen LogP contribution in [-0.2, 0) is 11.0 Å². The smallest absolute Gasteiger partial charge is 0.417 e. The average Bonchev–Trinajstić information content (AvgIpc) is 3.28. The van der Waals surface area contributed by atoms with E-state index in [1.807, 2.05) is 0 Å². The van der Waals surface area contributed by atoms with Gasteiger partial charge in [0.25, 0.3) is 5.91 Å². The fourth-order valence-corrected chi connectivity index (χ4v) is 3.80. The van der Waals surface area contributed by atoms with Gasteiger partial charge in [0.05, 0.1) is 34.7 Å². The van der Waals surface area contributed by atoms with Crippen LogP contribution in [0, 0.1) is 6.92 Å². The Bertz CT molecular complexity index is 1190. The minimum absolute atomic E-state index is 0.0929. The van der Waals surface area contributed by atoms with Crippen LogP contribution in [0.15, 0.2) is 46.0 Å². The summed E-state index contributed by atoms with van der Waals surface area (Å²) in [6.07, 6.45) is -1.44. The zero-order chi connectivity index (χ0) is 24.3. The maximum absolute atomic E-state index is 13.0. The number of amides is 2. The number of hydrogen-bond donors (Lipinski definition) is 1. The van der Waals surface area contributed by atoms with Gasteiger partial charge in [0.2, 0.25) is 5.91 Å². The summed E-state index contributed by atoms with van der Waals surface area (Å²) in [5.41, 5.74) is -0.547. The third kappa shape index (κ3) is 5.66. The van der Waals surface area contributed by atoms with Gasteiger partial charge in [-0.05, 0) is 43.5 Å². The van der Waals surface area contributed by atoms with Gasteiger partial charge in [-0.15, -0.1) is 11.8 Å². The van der Waals surface area contributed by atoms with Crippen LogP contribution in [0.2, 0.25) is 5.02 Å². The first-order valence-electron chi connectivity index (χ1n) is 9.39. The number of furan rings is 1. The number of likely N-dealkylation sites (N-methyl/N-ethyl adjacent to an activating group) is 1. The lowest BCUT2D eigenvalue weighted by Gasteiger charge is -2.19. The van der Waals surface area contributed by atoms with E-state index < -0.39 is 35.1 Å². The largest absolute Gasteiger partial charge is 0.461 e. The molecule has 33 heavy (non-hydrogen) atoms. The summed E-state index contributed by atoms with van der Waals surface area (Å²) in [6.45, 7) is 1.23. The lowest BCUT2D eigenvalue weighted by Crippen LogP contribution is -2.35. The summed E-state index contributed by atoms with van der Waals surface area (Å²) in [5, 5.41) is 2.27. The highest BCUT2D eigenvalue weighted by molar-refractivity contribution is 7.98. The number of anilines is 1. The number of aromatic nitrogens is 2. The highest BCUT2D eigenvalue weighted by Gasteiger charge is 2.33. The Labute approximate surface area is 196 Å². The van der Waals surface area contributed by atoms with E-state index >= 15 is 0 Å². The van der Waals surface area contributed by atoms with Crippen molar-refractivity contribution in [2.45, 2.75) is 18.1 Å². The number of benzene rings is 1. The van der Waals surface area contributed by atoms with E-state index in [1.165, 1.54) is 31.1 Å². The first kappa shape index (κ1) is 24.6. The van der Waals surface area contributed by atoms with Crippen molar-refractivity contribution in [3.05, 3.63) is 58.4 Å². The number of hydrogen-bond acceptors (Lipinski definition) is 6. The molecule has 0 aliphatic rings. The van der Waals surface area contributed by atoms with Gasteiger partial charge in [-0.25, -0.2) is 9.97 Å². The fraction of sp³-hybridized carbons (Fsp3) is 0.238. The second kappa shape index (κ2) is 9.84. The predicted molar refractivity (Wildman–Crippen MR) is 118 cm³/mol. The van der Waals surface area contributed by atoms with Gasteiger partial charge in [-0.2, -0.15) is 13.2 Å². The van der Waals surface area contributed by atoms with Crippen LogP contribution >= 0.6 is 23.4 Å².